The molecule has 69 heavy (non-hydrogen) atoms. The van der Waals surface area contributed by atoms with E-state index in [0.717, 1.165) is 94.7 Å². The van der Waals surface area contributed by atoms with Crippen LogP contribution in [0.25, 0.3) is 97.9 Å². The van der Waals surface area contributed by atoms with Gasteiger partial charge in [0, 0.05) is 53.2 Å². The van der Waals surface area contributed by atoms with Crippen molar-refractivity contribution in [3.8, 4) is 55.9 Å². The van der Waals surface area contributed by atoms with Crippen molar-refractivity contribution in [2.24, 2.45) is 9.98 Å². The Kier molecular flexibility index (Phi) is 10.0. The monoisotopic (exact) mass is 899 g/mol. The van der Waals surface area contributed by atoms with Crippen LogP contribution >= 0.6 is 11.3 Å². The molecular weight excluding hydrogens is 859 g/mol. The zero-order chi connectivity index (χ0) is 45.7. The molecule has 1 N–H and O–H groups in total. The van der Waals surface area contributed by atoms with Crippen LogP contribution in [0.15, 0.2) is 247 Å². The predicted octanol–water partition coefficient (Wildman–Crippen LogP) is 16.0. The van der Waals surface area contributed by atoms with Gasteiger partial charge in [-0.15, -0.1) is 11.3 Å². The number of aliphatic imine (C=N–C) groups is 2. The maximum Gasteiger partial charge on any atom is 0.159 e. The molecule has 1 unspecified atom stereocenters. The smallest absolute Gasteiger partial charge is 0.159 e. The maximum atomic E-state index is 5.41. The molecule has 324 valence electrons. The van der Waals surface area contributed by atoms with Gasteiger partial charge in [-0.1, -0.05) is 194 Å². The van der Waals surface area contributed by atoms with E-state index in [1.807, 2.05) is 53.8 Å². The molecule has 1 atom stereocenters. The van der Waals surface area contributed by atoms with Crippen LogP contribution in [0.4, 0.5) is 0 Å². The van der Waals surface area contributed by atoms with Gasteiger partial charge in [-0.25, -0.2) is 20.0 Å². The summed E-state index contributed by atoms with van der Waals surface area (Å²) in [6, 6.07) is 83.7. The Bertz CT molecular complexity index is 3960. The number of nitrogens with zero attached hydrogens (tertiary/aromatic N) is 4. The van der Waals surface area contributed by atoms with Crippen LogP contribution < -0.4 is 5.32 Å². The van der Waals surface area contributed by atoms with E-state index < -0.39 is 0 Å². The van der Waals surface area contributed by atoms with Crippen LogP contribution in [0.5, 0.6) is 0 Å². The van der Waals surface area contributed by atoms with Gasteiger partial charge in [-0.05, 0) is 81.4 Å². The molecule has 0 saturated carbocycles. The fraction of sp³-hybridized carbons (Fsp3) is 0.0159. The van der Waals surface area contributed by atoms with Crippen molar-refractivity contribution in [3.05, 3.63) is 253 Å². The van der Waals surface area contributed by atoms with E-state index >= 15 is 0 Å². The lowest BCUT2D eigenvalue weighted by molar-refractivity contribution is 0.674. The van der Waals surface area contributed by atoms with Gasteiger partial charge in [0.1, 0.15) is 12.0 Å². The maximum absolute atomic E-state index is 5.41. The second-order valence-corrected chi connectivity index (χ2v) is 18.6. The highest BCUT2D eigenvalue weighted by atomic mass is 32.1. The molecule has 12 aromatic rings. The van der Waals surface area contributed by atoms with Crippen LogP contribution in [0, 0.1) is 0 Å². The molecule has 4 heterocycles. The SMILES string of the molecule is c1ccc(C2=NC(c3ccccc3)NC(c3ccc(-c4ccc(-c5cc(-c6ccc7c(c6)sc6ccccc67)cc(-c6ccc7ccc8ccc(-c9ccccc9)nc8c7n6)c5)cc4)cc3)=N2)cc1. The zero-order valence-corrected chi connectivity index (χ0v) is 38.1. The van der Waals surface area contributed by atoms with Crippen LogP contribution in [-0.4, -0.2) is 21.6 Å². The van der Waals surface area contributed by atoms with Gasteiger partial charge in [-0.3, -0.25) is 0 Å². The zero-order valence-electron chi connectivity index (χ0n) is 37.3. The number of thiophene rings is 1. The van der Waals surface area contributed by atoms with Gasteiger partial charge in [0.25, 0.3) is 0 Å². The number of fused-ring (bicyclic) bond motifs is 6. The molecule has 6 heteroatoms. The van der Waals surface area contributed by atoms with Crippen molar-refractivity contribution < 1.29 is 0 Å². The second kappa shape index (κ2) is 17.1. The van der Waals surface area contributed by atoms with Gasteiger partial charge >= 0.3 is 0 Å². The lowest BCUT2D eigenvalue weighted by atomic mass is 9.93. The number of hydrogen-bond acceptors (Lipinski definition) is 6. The van der Waals surface area contributed by atoms with Crippen molar-refractivity contribution in [1.29, 1.82) is 0 Å². The van der Waals surface area contributed by atoms with E-state index in [1.165, 1.54) is 25.7 Å². The third kappa shape index (κ3) is 7.73. The minimum Gasteiger partial charge on any atom is -0.344 e. The molecular formula is C63H41N5S. The summed E-state index contributed by atoms with van der Waals surface area (Å²) in [5.41, 5.74) is 15.6. The van der Waals surface area contributed by atoms with Crippen LogP contribution in [0.3, 0.4) is 0 Å². The van der Waals surface area contributed by atoms with E-state index in [1.54, 1.807) is 0 Å². The first-order valence-corrected chi connectivity index (χ1v) is 24.0. The van der Waals surface area contributed by atoms with E-state index in [9.17, 15) is 0 Å². The predicted molar refractivity (Wildman–Crippen MR) is 289 cm³/mol. The van der Waals surface area contributed by atoms with Gasteiger partial charge in [-0.2, -0.15) is 0 Å². The lowest BCUT2D eigenvalue weighted by Crippen LogP contribution is -2.33. The Labute approximate surface area is 403 Å². The van der Waals surface area contributed by atoms with Crippen LogP contribution in [0.2, 0.25) is 0 Å². The summed E-state index contributed by atoms with van der Waals surface area (Å²) in [6.07, 6.45) is -0.249. The number of rotatable bonds is 8. The minimum atomic E-state index is -0.249. The third-order valence-corrected chi connectivity index (χ3v) is 14.3. The van der Waals surface area contributed by atoms with E-state index in [2.05, 4.69) is 199 Å². The first-order valence-electron chi connectivity index (χ1n) is 23.2. The van der Waals surface area contributed by atoms with Crippen molar-refractivity contribution in [1.82, 2.24) is 15.3 Å². The van der Waals surface area contributed by atoms with E-state index in [4.69, 9.17) is 20.0 Å². The molecule has 1 aliphatic rings. The molecule has 0 bridgehead atoms. The summed E-state index contributed by atoms with van der Waals surface area (Å²) >= 11 is 1.85. The van der Waals surface area contributed by atoms with Crippen molar-refractivity contribution >= 4 is 65.0 Å². The van der Waals surface area contributed by atoms with E-state index in [0.29, 0.717) is 5.84 Å². The van der Waals surface area contributed by atoms with Crippen LogP contribution in [-0.2, 0) is 0 Å². The first-order chi connectivity index (χ1) is 34.1. The topological polar surface area (TPSA) is 62.5 Å². The number of amidine groups is 2. The Balaban J connectivity index is 0.866. The van der Waals surface area contributed by atoms with Gasteiger partial charge < -0.3 is 5.32 Å². The Morgan fingerprint density at radius 2 is 0.841 bits per heavy atom. The summed E-state index contributed by atoms with van der Waals surface area (Å²) in [6.45, 7) is 0. The molecule has 0 saturated heterocycles. The highest BCUT2D eigenvalue weighted by molar-refractivity contribution is 7.25. The average molecular weight is 900 g/mol. The van der Waals surface area contributed by atoms with Gasteiger partial charge in [0.05, 0.1) is 22.4 Å². The van der Waals surface area contributed by atoms with Crippen molar-refractivity contribution in [2.45, 2.75) is 6.17 Å². The van der Waals surface area contributed by atoms with Gasteiger partial charge in [0.2, 0.25) is 0 Å². The molecule has 0 radical (unpaired) electrons. The highest BCUT2D eigenvalue weighted by Crippen LogP contribution is 2.39. The Hall–Kier alpha value is -8.84. The lowest BCUT2D eigenvalue weighted by Gasteiger charge is -2.23. The molecule has 9 aromatic carbocycles. The largest absolute Gasteiger partial charge is 0.344 e. The minimum absolute atomic E-state index is 0.249. The molecule has 5 nitrogen and oxygen atoms in total. The second-order valence-electron chi connectivity index (χ2n) is 17.5. The quantitative estimate of drug-likeness (QED) is 0.155. The number of hydrogen-bond donors (Lipinski definition) is 1. The number of pyridine rings is 2. The van der Waals surface area contributed by atoms with Crippen molar-refractivity contribution in [3.63, 3.8) is 0 Å². The third-order valence-electron chi connectivity index (χ3n) is 13.1. The van der Waals surface area contributed by atoms with Gasteiger partial charge in [0.15, 0.2) is 5.84 Å². The average Bonchev–Trinajstić information content (AvgIpc) is 3.81. The first kappa shape index (κ1) is 40.4. The summed E-state index contributed by atoms with van der Waals surface area (Å²) in [7, 11) is 0. The molecule has 1 aliphatic heterocycles. The summed E-state index contributed by atoms with van der Waals surface area (Å²) in [5.74, 6) is 1.51. The Morgan fingerprint density at radius 3 is 1.51 bits per heavy atom. The highest BCUT2D eigenvalue weighted by Gasteiger charge is 2.21. The Morgan fingerprint density at radius 1 is 0.348 bits per heavy atom. The summed E-state index contributed by atoms with van der Waals surface area (Å²) in [5, 5.41) is 8.31. The number of aromatic nitrogens is 2. The molecule has 3 aromatic heterocycles. The number of benzene rings is 9. The molecule has 0 amide bonds. The fourth-order valence-corrected chi connectivity index (χ4v) is 10.7. The molecule has 13 rings (SSSR count). The fourth-order valence-electron chi connectivity index (χ4n) is 9.51. The number of nitrogens with one attached hydrogen (secondary N) is 1. The molecule has 0 fully saturated rings. The molecule has 0 spiro atoms. The summed E-state index contributed by atoms with van der Waals surface area (Å²) in [4.78, 5) is 20.6. The van der Waals surface area contributed by atoms with Crippen LogP contribution in [0.1, 0.15) is 22.9 Å². The molecule has 0 aliphatic carbocycles. The normalized spacial score (nSPS) is 13.7. The summed E-state index contributed by atoms with van der Waals surface area (Å²) < 4.78 is 2.58. The van der Waals surface area contributed by atoms with Crippen molar-refractivity contribution in [2.75, 3.05) is 0 Å². The standard InChI is InChI=1S/C63H41N5S/c1-4-12-43(13-5-1)55-34-31-44-26-27-45-32-35-56(65-60(45)59(44)64-55)52-37-50(36-51(38-52)49-30-33-54-53-18-10-11-19-57(53)69-58(54)39-49)42-22-20-40(21-23-42)41-24-28-48(29-25-41)63-67-61(46-14-6-2-7-15-46)66-62(68-63)47-16-8-3-9-17-47/h1-39,61H,(H,66,67,68). The van der Waals surface area contributed by atoms with E-state index in [-0.39, 0.29) is 6.17 Å².